The molecule has 0 amide bonds. The first-order chi connectivity index (χ1) is 15.1. The maximum absolute atomic E-state index is 13.1. The molecule has 0 radical (unpaired) electrons. The molecule has 32 heavy (non-hydrogen) atoms. The van der Waals surface area contributed by atoms with Crippen LogP contribution in [0.25, 0.3) is 10.9 Å². The van der Waals surface area contributed by atoms with Gasteiger partial charge in [0.05, 0.1) is 26.3 Å². The summed E-state index contributed by atoms with van der Waals surface area (Å²) in [5.41, 5.74) is 1.02. The fourth-order valence-electron chi connectivity index (χ4n) is 3.21. The number of sulfone groups is 1. The monoisotopic (exact) mass is 509 g/mol. The largest absolute Gasteiger partial charge is 0.481 e. The van der Waals surface area contributed by atoms with Crippen molar-refractivity contribution in [3.8, 4) is 11.5 Å². The Labute approximate surface area is 198 Å². The molecule has 164 valence electrons. The highest BCUT2D eigenvalue weighted by atomic mass is 35.5. The first-order valence-electron chi connectivity index (χ1n) is 9.14. The van der Waals surface area contributed by atoms with Crippen LogP contribution < -0.4 is 4.74 Å². The summed E-state index contributed by atoms with van der Waals surface area (Å²) in [6, 6.07) is 13.7. The number of aromatic nitrogens is 1. The van der Waals surface area contributed by atoms with Crippen molar-refractivity contribution >= 4 is 61.5 Å². The average molecular weight is 511 g/mol. The minimum Gasteiger partial charge on any atom is -0.481 e. The predicted octanol–water partition coefficient (Wildman–Crippen LogP) is 6.38. The number of nitrogens with one attached hydrogen (secondary N) is 1. The van der Waals surface area contributed by atoms with Crippen LogP contribution in [0.15, 0.2) is 70.6 Å². The van der Waals surface area contributed by atoms with Crippen molar-refractivity contribution in [1.82, 2.24) is 4.98 Å². The van der Waals surface area contributed by atoms with Crippen LogP contribution in [0, 0.1) is 0 Å². The Morgan fingerprint density at radius 2 is 1.62 bits per heavy atom. The molecule has 0 saturated carbocycles. The summed E-state index contributed by atoms with van der Waals surface area (Å²) in [6.07, 6.45) is 1.18. The second-order valence-corrected chi connectivity index (χ2v) is 10.0. The van der Waals surface area contributed by atoms with Crippen LogP contribution in [0.2, 0.25) is 15.1 Å². The van der Waals surface area contributed by atoms with E-state index in [-0.39, 0.29) is 32.0 Å². The number of benzene rings is 3. The lowest BCUT2D eigenvalue weighted by Crippen LogP contribution is -2.01. The van der Waals surface area contributed by atoms with Crippen LogP contribution in [0.4, 0.5) is 0 Å². The zero-order valence-electron chi connectivity index (χ0n) is 16.1. The van der Waals surface area contributed by atoms with Gasteiger partial charge in [-0.15, -0.1) is 0 Å². The molecule has 0 aliphatic rings. The number of aromatic amines is 1. The summed E-state index contributed by atoms with van der Waals surface area (Å²) in [4.78, 5) is 14.1. The van der Waals surface area contributed by atoms with Crippen LogP contribution >= 0.6 is 34.8 Å². The number of H-pyrrole nitrogens is 1. The van der Waals surface area contributed by atoms with Gasteiger partial charge in [-0.3, -0.25) is 4.79 Å². The van der Waals surface area contributed by atoms with E-state index in [1.807, 2.05) is 0 Å². The Hall–Kier alpha value is -2.71. The standard InChI is InChI=1S/C22H14Cl3NO5S/c23-13-1-4-15(5-2-13)32(29,30)20-11-26-19-6-3-14(10-16(19)20)31-22-17(24)7-12(8-18(22)25)9-21(27)28/h1-8,10-11,26H,9H2,(H,27,28). The molecule has 0 atom stereocenters. The second kappa shape index (κ2) is 8.67. The fourth-order valence-corrected chi connectivity index (χ4v) is 5.36. The van der Waals surface area contributed by atoms with Gasteiger partial charge in [0.1, 0.15) is 5.75 Å². The molecule has 0 saturated heterocycles. The van der Waals surface area contributed by atoms with E-state index in [1.165, 1.54) is 42.6 Å². The van der Waals surface area contributed by atoms with Gasteiger partial charge in [0.2, 0.25) is 9.84 Å². The van der Waals surface area contributed by atoms with Gasteiger partial charge in [-0.05, 0) is 60.2 Å². The number of fused-ring (bicyclic) bond motifs is 1. The molecule has 2 N–H and O–H groups in total. The van der Waals surface area contributed by atoms with Gasteiger partial charge in [-0.25, -0.2) is 8.42 Å². The van der Waals surface area contributed by atoms with Gasteiger partial charge in [0, 0.05) is 22.1 Å². The Morgan fingerprint density at radius 1 is 0.969 bits per heavy atom. The number of aliphatic carboxylic acids is 1. The van der Waals surface area contributed by atoms with Crippen molar-refractivity contribution in [2.24, 2.45) is 0 Å². The molecule has 0 spiro atoms. The molecule has 0 unspecified atom stereocenters. The van der Waals surface area contributed by atoms with Crippen LogP contribution in [0.1, 0.15) is 5.56 Å². The molecular weight excluding hydrogens is 497 g/mol. The molecule has 6 nitrogen and oxygen atoms in total. The molecule has 1 aromatic heterocycles. The van der Waals surface area contributed by atoms with Gasteiger partial charge in [-0.1, -0.05) is 34.8 Å². The summed E-state index contributed by atoms with van der Waals surface area (Å²) >= 11 is 18.4. The summed E-state index contributed by atoms with van der Waals surface area (Å²) < 4.78 is 32.1. The Bertz CT molecular complexity index is 1420. The van der Waals surface area contributed by atoms with E-state index in [0.717, 1.165) is 0 Å². The van der Waals surface area contributed by atoms with Gasteiger partial charge in [-0.2, -0.15) is 0 Å². The molecule has 3 aromatic carbocycles. The van der Waals surface area contributed by atoms with Crippen LogP contribution in [-0.2, 0) is 21.1 Å². The minimum atomic E-state index is -3.82. The number of hydrogen-bond acceptors (Lipinski definition) is 4. The van der Waals surface area contributed by atoms with Crippen molar-refractivity contribution in [2.45, 2.75) is 16.2 Å². The van der Waals surface area contributed by atoms with Gasteiger partial charge >= 0.3 is 5.97 Å². The van der Waals surface area contributed by atoms with Crippen molar-refractivity contribution in [2.75, 3.05) is 0 Å². The lowest BCUT2D eigenvalue weighted by molar-refractivity contribution is -0.136. The summed E-state index contributed by atoms with van der Waals surface area (Å²) in [7, 11) is -3.82. The predicted molar refractivity (Wildman–Crippen MR) is 123 cm³/mol. The highest BCUT2D eigenvalue weighted by Gasteiger charge is 2.22. The number of carboxylic acid groups (broad SMARTS) is 1. The van der Waals surface area contributed by atoms with Gasteiger partial charge < -0.3 is 14.8 Å². The topological polar surface area (TPSA) is 96.5 Å². The molecule has 4 aromatic rings. The molecule has 0 aliphatic heterocycles. The van der Waals surface area contributed by atoms with Gasteiger partial charge in [0.25, 0.3) is 0 Å². The van der Waals surface area contributed by atoms with Crippen molar-refractivity contribution in [3.05, 3.63) is 81.4 Å². The van der Waals surface area contributed by atoms with E-state index in [4.69, 9.17) is 44.6 Å². The normalized spacial score (nSPS) is 11.6. The Kier molecular flexibility index (Phi) is 6.09. The van der Waals surface area contributed by atoms with E-state index in [2.05, 4.69) is 4.98 Å². The maximum Gasteiger partial charge on any atom is 0.307 e. The number of rotatable bonds is 6. The lowest BCUT2D eigenvalue weighted by Gasteiger charge is -2.11. The third-order valence-electron chi connectivity index (χ3n) is 4.66. The van der Waals surface area contributed by atoms with E-state index >= 15 is 0 Å². The summed E-state index contributed by atoms with van der Waals surface area (Å²) in [6.45, 7) is 0. The Morgan fingerprint density at radius 3 is 2.25 bits per heavy atom. The molecule has 0 fully saturated rings. The number of hydrogen-bond donors (Lipinski definition) is 2. The molecule has 10 heteroatoms. The third kappa shape index (κ3) is 4.42. The number of ether oxygens (including phenoxy) is 1. The molecule has 1 heterocycles. The quantitative estimate of drug-likeness (QED) is 0.314. The minimum absolute atomic E-state index is 0.0780. The van der Waals surface area contributed by atoms with E-state index in [9.17, 15) is 13.2 Å². The molecule has 4 rings (SSSR count). The highest BCUT2D eigenvalue weighted by Crippen LogP contribution is 2.39. The van der Waals surface area contributed by atoms with Crippen molar-refractivity contribution in [1.29, 1.82) is 0 Å². The smallest absolute Gasteiger partial charge is 0.307 e. The van der Waals surface area contributed by atoms with Gasteiger partial charge in [0.15, 0.2) is 5.75 Å². The van der Waals surface area contributed by atoms with E-state index in [0.29, 0.717) is 27.2 Å². The zero-order valence-corrected chi connectivity index (χ0v) is 19.2. The number of carboxylic acids is 1. The number of carbonyl (C=O) groups is 1. The third-order valence-corrected chi connectivity index (χ3v) is 7.29. The van der Waals surface area contributed by atoms with Crippen molar-refractivity contribution in [3.63, 3.8) is 0 Å². The summed E-state index contributed by atoms with van der Waals surface area (Å²) in [5, 5.41) is 10.1. The summed E-state index contributed by atoms with van der Waals surface area (Å²) in [5.74, 6) is -0.572. The van der Waals surface area contributed by atoms with Crippen LogP contribution in [0.5, 0.6) is 11.5 Å². The first-order valence-corrected chi connectivity index (χ1v) is 11.8. The highest BCUT2D eigenvalue weighted by molar-refractivity contribution is 7.91. The Balaban J connectivity index is 1.72. The van der Waals surface area contributed by atoms with E-state index in [1.54, 1.807) is 18.2 Å². The molecule has 0 bridgehead atoms. The SMILES string of the molecule is O=C(O)Cc1cc(Cl)c(Oc2ccc3[nH]cc(S(=O)(=O)c4ccc(Cl)cc4)c3c2)c(Cl)c1. The van der Waals surface area contributed by atoms with Crippen LogP contribution in [0.3, 0.4) is 0 Å². The average Bonchev–Trinajstić information content (AvgIpc) is 3.15. The fraction of sp³-hybridized carbons (Fsp3) is 0.0455. The van der Waals surface area contributed by atoms with Crippen LogP contribution in [-0.4, -0.2) is 24.5 Å². The number of halogens is 3. The second-order valence-electron chi connectivity index (χ2n) is 6.88. The maximum atomic E-state index is 13.1. The zero-order chi connectivity index (χ0) is 23.0. The first kappa shape index (κ1) is 22.5. The molecule has 0 aliphatic carbocycles. The molecular formula is C22H14Cl3NO5S. The van der Waals surface area contributed by atoms with E-state index < -0.39 is 15.8 Å². The lowest BCUT2D eigenvalue weighted by atomic mass is 10.1. The van der Waals surface area contributed by atoms with Crippen molar-refractivity contribution < 1.29 is 23.1 Å².